The van der Waals surface area contributed by atoms with Gasteiger partial charge in [0.15, 0.2) is 17.3 Å². The molecule has 0 spiro atoms. The molecule has 0 saturated carbocycles. The topological polar surface area (TPSA) is 128 Å². The van der Waals surface area contributed by atoms with E-state index >= 15 is 0 Å². The largest absolute Gasteiger partial charge is 0.486 e. The molecule has 0 unspecified atom stereocenters. The van der Waals surface area contributed by atoms with Crippen LogP contribution in [0.5, 0.6) is 11.5 Å². The highest BCUT2D eigenvalue weighted by molar-refractivity contribution is 5.83. The molecule has 0 amide bonds. The minimum atomic E-state index is -0.158. The number of tetrazole rings is 1. The van der Waals surface area contributed by atoms with Crippen LogP contribution in [0.2, 0.25) is 0 Å². The van der Waals surface area contributed by atoms with Crippen LogP contribution in [-0.4, -0.2) is 74.3 Å². The molecule has 0 bridgehead atoms. The Labute approximate surface area is 209 Å². The van der Waals surface area contributed by atoms with Gasteiger partial charge in [-0.3, -0.25) is 9.69 Å². The van der Waals surface area contributed by atoms with E-state index in [0.717, 1.165) is 30.7 Å². The van der Waals surface area contributed by atoms with E-state index in [2.05, 4.69) is 39.3 Å². The van der Waals surface area contributed by atoms with Crippen LogP contribution in [0.15, 0.2) is 23.0 Å². The van der Waals surface area contributed by atoms with Crippen molar-refractivity contribution in [2.24, 2.45) is 5.92 Å². The third-order valence-electron chi connectivity index (χ3n) is 6.81. The van der Waals surface area contributed by atoms with E-state index in [4.69, 9.17) is 14.2 Å². The van der Waals surface area contributed by atoms with E-state index in [9.17, 15) is 9.90 Å². The number of benzene rings is 1. The molecule has 2 aliphatic heterocycles. The van der Waals surface area contributed by atoms with E-state index in [-0.39, 0.29) is 30.2 Å². The predicted octanol–water partition coefficient (Wildman–Crippen LogP) is 2.05. The van der Waals surface area contributed by atoms with Crippen molar-refractivity contribution in [3.8, 4) is 11.5 Å². The number of H-pyrrole nitrogens is 1. The van der Waals surface area contributed by atoms with Gasteiger partial charge in [-0.15, -0.1) is 5.10 Å². The van der Waals surface area contributed by atoms with Gasteiger partial charge in [-0.2, -0.15) is 0 Å². The monoisotopic (exact) mass is 498 g/mol. The molecule has 0 aliphatic carbocycles. The van der Waals surface area contributed by atoms with E-state index in [0.29, 0.717) is 61.8 Å². The first-order chi connectivity index (χ1) is 17.5. The van der Waals surface area contributed by atoms with Crippen molar-refractivity contribution < 1.29 is 19.3 Å². The van der Waals surface area contributed by atoms with Gasteiger partial charge in [-0.05, 0) is 47.7 Å². The number of aliphatic hydroxyl groups is 1. The number of ether oxygens (including phenoxy) is 3. The highest BCUT2D eigenvalue weighted by Crippen LogP contribution is 2.34. The van der Waals surface area contributed by atoms with Crippen molar-refractivity contribution in [3.63, 3.8) is 0 Å². The van der Waals surface area contributed by atoms with Gasteiger partial charge in [0.25, 0.3) is 5.56 Å². The van der Waals surface area contributed by atoms with Crippen LogP contribution in [0.25, 0.3) is 10.9 Å². The second kappa shape index (κ2) is 10.9. The van der Waals surface area contributed by atoms with Crippen molar-refractivity contribution in [2.45, 2.75) is 58.3 Å². The molecule has 1 aromatic carbocycles. The Morgan fingerprint density at radius 2 is 2.00 bits per heavy atom. The fourth-order valence-corrected chi connectivity index (χ4v) is 5.13. The van der Waals surface area contributed by atoms with Crippen LogP contribution in [0.1, 0.15) is 50.5 Å². The third-order valence-corrected chi connectivity index (χ3v) is 6.81. The summed E-state index contributed by atoms with van der Waals surface area (Å²) >= 11 is 0. The van der Waals surface area contributed by atoms with Crippen molar-refractivity contribution >= 4 is 10.9 Å². The van der Waals surface area contributed by atoms with Gasteiger partial charge in [0.2, 0.25) is 0 Å². The third kappa shape index (κ3) is 5.23. The molecular weight excluding hydrogens is 464 g/mol. The van der Waals surface area contributed by atoms with Crippen molar-refractivity contribution in [1.82, 2.24) is 30.1 Å². The molecule has 3 aromatic rings. The molecule has 2 aromatic heterocycles. The summed E-state index contributed by atoms with van der Waals surface area (Å²) in [6, 6.07) is 5.48. The van der Waals surface area contributed by atoms with Gasteiger partial charge in [0, 0.05) is 43.3 Å². The summed E-state index contributed by atoms with van der Waals surface area (Å²) < 4.78 is 19.0. The second-order valence-corrected chi connectivity index (χ2v) is 9.80. The van der Waals surface area contributed by atoms with E-state index in [1.165, 1.54) is 0 Å². The van der Waals surface area contributed by atoms with Crippen LogP contribution >= 0.6 is 0 Å². The minimum absolute atomic E-state index is 0.0553. The second-order valence-electron chi connectivity index (χ2n) is 9.80. The van der Waals surface area contributed by atoms with Crippen LogP contribution in [0.3, 0.4) is 0 Å². The maximum atomic E-state index is 13.1. The van der Waals surface area contributed by atoms with E-state index in [1.807, 2.05) is 22.9 Å². The molecule has 1 saturated heterocycles. The first kappa shape index (κ1) is 24.7. The molecule has 194 valence electrons. The molecule has 1 fully saturated rings. The van der Waals surface area contributed by atoms with Crippen molar-refractivity contribution in [2.75, 3.05) is 33.0 Å². The molecule has 2 aliphatic rings. The summed E-state index contributed by atoms with van der Waals surface area (Å²) in [5.74, 6) is 2.22. The number of nitrogens with one attached hydrogen (secondary N) is 1. The summed E-state index contributed by atoms with van der Waals surface area (Å²) in [6.45, 7) is 7.63. The zero-order chi connectivity index (χ0) is 25.1. The zero-order valence-corrected chi connectivity index (χ0v) is 20.9. The fourth-order valence-electron chi connectivity index (χ4n) is 5.13. The Morgan fingerprint density at radius 1 is 1.19 bits per heavy atom. The minimum Gasteiger partial charge on any atom is -0.486 e. The SMILES string of the molecule is CC(C)[C@H](c1nnnn1C[C@H]1CCCO1)N(CCCO)Cc1cc2cc3c(cc2[nH]c1=O)OCCO3. The highest BCUT2D eigenvalue weighted by atomic mass is 16.6. The predicted molar refractivity (Wildman–Crippen MR) is 132 cm³/mol. The van der Waals surface area contributed by atoms with Crippen molar-refractivity contribution in [3.05, 3.63) is 39.9 Å². The Hall–Kier alpha value is -3.02. The first-order valence-corrected chi connectivity index (χ1v) is 12.7. The smallest absolute Gasteiger partial charge is 0.252 e. The molecular formula is C25H34N6O5. The number of aliphatic hydroxyl groups excluding tert-OH is 1. The summed E-state index contributed by atoms with van der Waals surface area (Å²) in [5.41, 5.74) is 1.17. The quantitative estimate of drug-likeness (QED) is 0.432. The number of fused-ring (bicyclic) bond motifs is 2. The maximum absolute atomic E-state index is 13.1. The lowest BCUT2D eigenvalue weighted by Crippen LogP contribution is -2.37. The van der Waals surface area contributed by atoms with E-state index in [1.54, 1.807) is 0 Å². The normalized spacial score (nSPS) is 18.4. The molecule has 11 nitrogen and oxygen atoms in total. The molecule has 2 N–H and O–H groups in total. The Bertz CT molecular complexity index is 1240. The molecule has 5 rings (SSSR count). The number of aromatic amines is 1. The average Bonchev–Trinajstić information content (AvgIpc) is 3.54. The van der Waals surface area contributed by atoms with E-state index < -0.39 is 0 Å². The molecule has 0 radical (unpaired) electrons. The van der Waals surface area contributed by atoms with Gasteiger partial charge in [0.1, 0.15) is 13.2 Å². The number of nitrogens with zero attached hydrogens (tertiary/aromatic N) is 5. The molecule has 4 heterocycles. The standard InChI is InChI=1S/C25H34N6O5/c1-16(2)23(24-27-28-29-31(24)15-19-5-3-8-34-19)30(6-4-7-32)14-18-11-17-12-21-22(36-10-9-35-21)13-20(17)26-25(18)33/h11-13,16,19,23,32H,3-10,14-15H2,1-2H3,(H,26,33)/t19-,23-/m1/s1. The van der Waals surface area contributed by atoms with Crippen LogP contribution in [0.4, 0.5) is 0 Å². The fraction of sp³-hybridized carbons (Fsp3) is 0.600. The lowest BCUT2D eigenvalue weighted by atomic mass is 10.00. The summed E-state index contributed by atoms with van der Waals surface area (Å²) in [5, 5.41) is 23.1. The highest BCUT2D eigenvalue weighted by Gasteiger charge is 2.31. The summed E-state index contributed by atoms with van der Waals surface area (Å²) in [7, 11) is 0. The molecule has 11 heteroatoms. The lowest BCUT2D eigenvalue weighted by Gasteiger charge is -2.33. The number of rotatable bonds is 10. The summed E-state index contributed by atoms with van der Waals surface area (Å²) in [6.07, 6.45) is 2.71. The lowest BCUT2D eigenvalue weighted by molar-refractivity contribution is 0.0851. The van der Waals surface area contributed by atoms with Crippen LogP contribution in [-0.2, 0) is 17.8 Å². The number of hydrogen-bond donors (Lipinski definition) is 2. The van der Waals surface area contributed by atoms with Gasteiger partial charge in [-0.25, -0.2) is 4.68 Å². The van der Waals surface area contributed by atoms with Gasteiger partial charge in [-0.1, -0.05) is 13.8 Å². The Balaban J connectivity index is 1.47. The van der Waals surface area contributed by atoms with Crippen LogP contribution in [0, 0.1) is 5.92 Å². The van der Waals surface area contributed by atoms with Gasteiger partial charge >= 0.3 is 0 Å². The molecule has 2 atom stereocenters. The van der Waals surface area contributed by atoms with Crippen molar-refractivity contribution in [1.29, 1.82) is 0 Å². The Kier molecular flexibility index (Phi) is 7.49. The first-order valence-electron chi connectivity index (χ1n) is 12.7. The summed E-state index contributed by atoms with van der Waals surface area (Å²) in [4.78, 5) is 18.3. The van der Waals surface area contributed by atoms with Gasteiger partial charge in [0.05, 0.1) is 24.2 Å². The van der Waals surface area contributed by atoms with Crippen LogP contribution < -0.4 is 15.0 Å². The maximum Gasteiger partial charge on any atom is 0.252 e. The van der Waals surface area contributed by atoms with Gasteiger partial charge < -0.3 is 24.3 Å². The number of pyridine rings is 1. The number of hydrogen-bond acceptors (Lipinski definition) is 9. The number of aromatic nitrogens is 5. The average molecular weight is 499 g/mol. The Morgan fingerprint density at radius 3 is 2.72 bits per heavy atom. The molecule has 36 heavy (non-hydrogen) atoms. The zero-order valence-electron chi connectivity index (χ0n) is 20.9.